The molecule has 29 heavy (non-hydrogen) atoms. The molecule has 1 aromatic carbocycles. The predicted octanol–water partition coefficient (Wildman–Crippen LogP) is 2.27. The third-order valence-electron chi connectivity index (χ3n) is 3.93. The highest BCUT2D eigenvalue weighted by Crippen LogP contribution is 2.37. The molecule has 3 aromatic rings. The first-order valence-corrected chi connectivity index (χ1v) is 9.15. The van der Waals surface area contributed by atoms with Gasteiger partial charge in [-0.05, 0) is 18.1 Å². The van der Waals surface area contributed by atoms with Crippen LogP contribution in [-0.2, 0) is 0 Å². The van der Waals surface area contributed by atoms with Crippen LogP contribution in [0.1, 0.15) is 25.3 Å². The molecule has 0 aliphatic rings. The van der Waals surface area contributed by atoms with Crippen molar-refractivity contribution in [3.63, 3.8) is 0 Å². The SMILES string of the molecule is CNc1nn(-c2cc(Cl)c(Oc3cc(C(C)C)c(=O)[nH]n3)c(Cl)c2)c(=O)[nH]c1=O. The predicted molar refractivity (Wildman–Crippen MR) is 109 cm³/mol. The second-order valence-electron chi connectivity index (χ2n) is 6.26. The number of aromatic amines is 2. The molecule has 0 aliphatic carbocycles. The molecule has 2 heterocycles. The zero-order valence-corrected chi connectivity index (χ0v) is 17.1. The summed E-state index contributed by atoms with van der Waals surface area (Å²) in [5, 5.41) is 12.8. The van der Waals surface area contributed by atoms with Crippen LogP contribution in [0.4, 0.5) is 5.82 Å². The lowest BCUT2D eigenvalue weighted by Crippen LogP contribution is -2.32. The van der Waals surface area contributed by atoms with E-state index in [9.17, 15) is 14.4 Å². The number of H-pyrrole nitrogens is 2. The quantitative estimate of drug-likeness (QED) is 0.555. The Hall–Kier alpha value is -3.11. The molecule has 0 unspecified atom stereocenters. The molecule has 12 heteroatoms. The standard InChI is InChI=1S/C17H16Cl2N6O4/c1-7(2)9-6-12(22-23-15(9)26)29-13-10(18)4-8(5-11(13)19)25-17(28)21-16(27)14(20-3)24-25/h4-7H,1-3H3,(H,20,24)(H,23,26)(H,21,27,28). The van der Waals surface area contributed by atoms with Crippen LogP contribution in [0.15, 0.2) is 32.6 Å². The Morgan fingerprint density at radius 2 is 1.76 bits per heavy atom. The smallest absolute Gasteiger partial charge is 0.349 e. The number of nitrogens with zero attached hydrogens (tertiary/aromatic N) is 3. The van der Waals surface area contributed by atoms with E-state index in [0.717, 1.165) is 4.68 Å². The van der Waals surface area contributed by atoms with Gasteiger partial charge in [-0.15, -0.1) is 10.2 Å². The van der Waals surface area contributed by atoms with Crippen LogP contribution in [0.5, 0.6) is 11.6 Å². The topological polar surface area (TPSA) is 135 Å². The molecular formula is C17H16Cl2N6O4. The van der Waals surface area contributed by atoms with Crippen LogP contribution in [0.25, 0.3) is 5.69 Å². The van der Waals surface area contributed by atoms with Crippen LogP contribution in [0, 0.1) is 0 Å². The highest BCUT2D eigenvalue weighted by molar-refractivity contribution is 6.37. The van der Waals surface area contributed by atoms with Gasteiger partial charge in [0, 0.05) is 18.7 Å². The molecule has 2 aromatic heterocycles. The number of hydrogen-bond donors (Lipinski definition) is 3. The fourth-order valence-electron chi connectivity index (χ4n) is 2.49. The lowest BCUT2D eigenvalue weighted by atomic mass is 10.1. The Bertz CT molecular complexity index is 1220. The number of halogens is 2. The summed E-state index contributed by atoms with van der Waals surface area (Å²) in [6, 6.07) is 4.28. The summed E-state index contributed by atoms with van der Waals surface area (Å²) in [5.74, 6) is 0.0760. The van der Waals surface area contributed by atoms with Crippen LogP contribution in [0.3, 0.4) is 0 Å². The number of nitrogens with one attached hydrogen (secondary N) is 3. The summed E-state index contributed by atoms with van der Waals surface area (Å²) in [5.41, 5.74) is -1.04. The van der Waals surface area contributed by atoms with E-state index in [1.54, 1.807) is 0 Å². The number of benzene rings is 1. The van der Waals surface area contributed by atoms with E-state index < -0.39 is 11.2 Å². The molecule has 0 spiro atoms. The Kier molecular flexibility index (Phi) is 5.76. The van der Waals surface area contributed by atoms with Crippen LogP contribution in [0.2, 0.25) is 10.0 Å². The van der Waals surface area contributed by atoms with E-state index in [1.165, 1.54) is 25.2 Å². The van der Waals surface area contributed by atoms with Crippen molar-refractivity contribution in [2.45, 2.75) is 19.8 Å². The summed E-state index contributed by atoms with van der Waals surface area (Å²) >= 11 is 12.6. The van der Waals surface area contributed by atoms with Crippen molar-refractivity contribution in [3.05, 3.63) is 65.0 Å². The van der Waals surface area contributed by atoms with E-state index in [4.69, 9.17) is 27.9 Å². The van der Waals surface area contributed by atoms with Gasteiger partial charge in [0.05, 0.1) is 15.7 Å². The van der Waals surface area contributed by atoms with Crippen molar-refractivity contribution in [1.29, 1.82) is 0 Å². The number of anilines is 1. The first-order valence-electron chi connectivity index (χ1n) is 8.39. The Morgan fingerprint density at radius 3 is 2.34 bits per heavy atom. The third kappa shape index (κ3) is 4.17. The first kappa shape index (κ1) is 20.6. The van der Waals surface area contributed by atoms with Crippen LogP contribution in [-0.4, -0.2) is 32.0 Å². The summed E-state index contributed by atoms with van der Waals surface area (Å²) in [4.78, 5) is 37.7. The fraction of sp³-hybridized carbons (Fsp3) is 0.235. The summed E-state index contributed by atoms with van der Waals surface area (Å²) < 4.78 is 6.58. The number of aromatic nitrogens is 5. The van der Waals surface area contributed by atoms with Crippen LogP contribution >= 0.6 is 23.2 Å². The second kappa shape index (κ2) is 8.10. The van der Waals surface area contributed by atoms with E-state index in [1.807, 2.05) is 13.8 Å². The highest BCUT2D eigenvalue weighted by atomic mass is 35.5. The summed E-state index contributed by atoms with van der Waals surface area (Å²) in [6.45, 7) is 3.72. The average molecular weight is 439 g/mol. The maximum Gasteiger partial charge on any atom is 0.349 e. The van der Waals surface area contributed by atoms with Gasteiger partial charge in [0.15, 0.2) is 5.75 Å². The van der Waals surface area contributed by atoms with Crippen molar-refractivity contribution < 1.29 is 4.74 Å². The summed E-state index contributed by atoms with van der Waals surface area (Å²) in [7, 11) is 1.49. The Morgan fingerprint density at radius 1 is 1.10 bits per heavy atom. The minimum absolute atomic E-state index is 0.0445. The summed E-state index contributed by atoms with van der Waals surface area (Å²) in [6.07, 6.45) is 0. The van der Waals surface area contributed by atoms with Gasteiger partial charge in [-0.2, -0.15) is 4.68 Å². The van der Waals surface area contributed by atoms with Gasteiger partial charge in [0.25, 0.3) is 11.1 Å². The number of hydrogen-bond acceptors (Lipinski definition) is 7. The largest absolute Gasteiger partial charge is 0.434 e. The van der Waals surface area contributed by atoms with Crippen LogP contribution < -0.4 is 26.9 Å². The van der Waals surface area contributed by atoms with Crippen molar-refractivity contribution in [2.75, 3.05) is 12.4 Å². The van der Waals surface area contributed by atoms with Gasteiger partial charge in [-0.1, -0.05) is 37.0 Å². The zero-order valence-electron chi connectivity index (χ0n) is 15.5. The lowest BCUT2D eigenvalue weighted by Gasteiger charge is -2.12. The molecule has 3 N–H and O–H groups in total. The van der Waals surface area contributed by atoms with Gasteiger partial charge >= 0.3 is 5.69 Å². The average Bonchev–Trinajstić information content (AvgIpc) is 2.65. The maximum atomic E-state index is 12.1. The van der Waals surface area contributed by atoms with Gasteiger partial charge in [0.1, 0.15) is 0 Å². The normalized spacial score (nSPS) is 11.0. The second-order valence-corrected chi connectivity index (χ2v) is 7.07. The Balaban J connectivity index is 2.04. The maximum absolute atomic E-state index is 12.1. The van der Waals surface area contributed by atoms with E-state index >= 15 is 0 Å². The van der Waals surface area contributed by atoms with Gasteiger partial charge in [-0.3, -0.25) is 14.6 Å². The van der Waals surface area contributed by atoms with E-state index in [2.05, 4.69) is 25.6 Å². The Labute approximate surface area is 173 Å². The molecule has 0 saturated carbocycles. The number of ether oxygens (including phenoxy) is 1. The molecule has 0 radical (unpaired) electrons. The van der Waals surface area contributed by atoms with E-state index in [-0.39, 0.29) is 44.7 Å². The van der Waals surface area contributed by atoms with Gasteiger partial charge in [-0.25, -0.2) is 9.89 Å². The molecular weight excluding hydrogens is 423 g/mol. The molecule has 0 saturated heterocycles. The van der Waals surface area contributed by atoms with E-state index in [0.29, 0.717) is 5.56 Å². The lowest BCUT2D eigenvalue weighted by molar-refractivity contribution is 0.452. The van der Waals surface area contributed by atoms with Crippen molar-refractivity contribution in [1.82, 2.24) is 25.0 Å². The molecule has 0 bridgehead atoms. The fourth-order valence-corrected chi connectivity index (χ4v) is 3.04. The molecule has 3 rings (SSSR count). The first-order chi connectivity index (χ1) is 13.7. The van der Waals surface area contributed by atoms with Crippen molar-refractivity contribution in [2.24, 2.45) is 0 Å². The molecule has 10 nitrogen and oxygen atoms in total. The molecule has 0 fully saturated rings. The monoisotopic (exact) mass is 438 g/mol. The van der Waals surface area contributed by atoms with Gasteiger partial charge in [0.2, 0.25) is 11.7 Å². The third-order valence-corrected chi connectivity index (χ3v) is 4.49. The zero-order chi connectivity index (χ0) is 21.3. The molecule has 0 amide bonds. The highest BCUT2D eigenvalue weighted by Gasteiger charge is 2.16. The molecule has 0 atom stereocenters. The van der Waals surface area contributed by atoms with Crippen molar-refractivity contribution >= 4 is 29.0 Å². The minimum Gasteiger partial charge on any atom is -0.434 e. The van der Waals surface area contributed by atoms with Crippen molar-refractivity contribution in [3.8, 4) is 17.3 Å². The molecule has 152 valence electrons. The van der Waals surface area contributed by atoms with Gasteiger partial charge < -0.3 is 10.1 Å². The molecule has 0 aliphatic heterocycles. The number of rotatable bonds is 5. The minimum atomic E-state index is -0.765.